The van der Waals surface area contributed by atoms with Crippen molar-refractivity contribution >= 4 is 71.6 Å². The predicted octanol–water partition coefficient (Wildman–Crippen LogP) is 11.8. The van der Waals surface area contributed by atoms with Gasteiger partial charge in [-0.3, -0.25) is 9.44 Å². The first kappa shape index (κ1) is 51.3. The highest BCUT2D eigenvalue weighted by atomic mass is 35.5. The second-order valence-corrected chi connectivity index (χ2v) is 22.6. The van der Waals surface area contributed by atoms with Crippen LogP contribution in [0.1, 0.15) is 51.6 Å². The van der Waals surface area contributed by atoms with Crippen LogP contribution < -0.4 is 15.2 Å². The Balaban J connectivity index is 0.000000206. The van der Waals surface area contributed by atoms with Gasteiger partial charge in [0.05, 0.1) is 53.9 Å². The summed E-state index contributed by atoms with van der Waals surface area (Å²) in [7, 11) is -9.55. The molecule has 0 saturated heterocycles. The van der Waals surface area contributed by atoms with Gasteiger partial charge in [-0.1, -0.05) is 65.8 Å². The van der Waals surface area contributed by atoms with Crippen LogP contribution in [0.5, 0.6) is 0 Å². The van der Waals surface area contributed by atoms with Crippen molar-refractivity contribution in [3.05, 3.63) is 148 Å². The van der Waals surface area contributed by atoms with E-state index < -0.39 is 76.1 Å². The molecule has 70 heavy (non-hydrogen) atoms. The van der Waals surface area contributed by atoms with Crippen molar-refractivity contribution in [1.82, 2.24) is 29.9 Å². The fourth-order valence-electron chi connectivity index (χ4n) is 6.41. The molecule has 0 fully saturated rings. The Bertz CT molecular complexity index is 3260. The van der Waals surface area contributed by atoms with Gasteiger partial charge in [0.25, 0.3) is 20.0 Å². The third-order valence-electron chi connectivity index (χ3n) is 9.67. The van der Waals surface area contributed by atoms with Gasteiger partial charge in [-0.25, -0.2) is 73.1 Å². The van der Waals surface area contributed by atoms with Crippen LogP contribution in [0.3, 0.4) is 0 Å². The lowest BCUT2D eigenvalue weighted by Gasteiger charge is -2.14. The normalized spacial score (nSPS) is 12.1. The Morgan fingerprint density at radius 1 is 0.529 bits per heavy atom. The van der Waals surface area contributed by atoms with Crippen LogP contribution in [0.15, 0.2) is 107 Å². The van der Waals surface area contributed by atoms with E-state index in [1.807, 2.05) is 51.0 Å². The summed E-state index contributed by atoms with van der Waals surface area (Å²) in [5.74, 6) is -7.12. The van der Waals surface area contributed by atoms with Gasteiger partial charge in [0.15, 0.2) is 21.4 Å². The quantitative estimate of drug-likeness (QED) is 0.0871. The van der Waals surface area contributed by atoms with Crippen molar-refractivity contribution < 1.29 is 43.2 Å². The fraction of sp³-hybridized carbons (Fsp3) is 0.174. The average Bonchev–Trinajstić information content (AvgIpc) is 3.92. The smallest absolute Gasteiger partial charge is 0.267 e. The SMILES string of the molecule is CC(C)(C)c1nc(-c2cccc(NS(=O)(=O)c3c(F)cccc3F)c2F)c(-c2ccnc(Cl)n2)s1.CC(C)(C)c1nc(-c2cccc(NS(=O)(=O)c3c(F)cccc3F)c2F)c(-c2ccnc(N)n2)s1. The number of rotatable bonds is 10. The Hall–Kier alpha value is -6.53. The molecule has 0 aliphatic heterocycles. The Morgan fingerprint density at radius 2 is 0.900 bits per heavy atom. The molecule has 13 nitrogen and oxygen atoms in total. The third-order valence-corrected chi connectivity index (χ3v) is 15.7. The van der Waals surface area contributed by atoms with E-state index in [4.69, 9.17) is 17.3 Å². The second-order valence-electron chi connectivity index (χ2n) is 17.1. The van der Waals surface area contributed by atoms with Crippen molar-refractivity contribution in [2.75, 3.05) is 15.2 Å². The lowest BCUT2D eigenvalue weighted by atomic mass is 9.98. The molecule has 0 radical (unpaired) electrons. The average molecular weight is 1060 g/mol. The minimum absolute atomic E-state index is 0.00643. The molecule has 8 aromatic rings. The van der Waals surface area contributed by atoms with Gasteiger partial charge in [0.1, 0.15) is 23.3 Å². The van der Waals surface area contributed by atoms with E-state index in [2.05, 4.69) is 29.9 Å². The lowest BCUT2D eigenvalue weighted by Crippen LogP contribution is -2.17. The van der Waals surface area contributed by atoms with Gasteiger partial charge in [0.2, 0.25) is 11.2 Å². The first-order valence-electron chi connectivity index (χ1n) is 20.4. The van der Waals surface area contributed by atoms with E-state index in [-0.39, 0.29) is 44.6 Å². The monoisotopic (exact) mass is 1060 g/mol. The Kier molecular flexibility index (Phi) is 14.4. The van der Waals surface area contributed by atoms with E-state index in [1.54, 1.807) is 12.1 Å². The molecule has 4 aromatic carbocycles. The predicted molar refractivity (Wildman–Crippen MR) is 258 cm³/mol. The first-order chi connectivity index (χ1) is 32.8. The van der Waals surface area contributed by atoms with Crippen molar-refractivity contribution in [3.8, 4) is 43.7 Å². The fourth-order valence-corrected chi connectivity index (χ4v) is 11.2. The van der Waals surface area contributed by atoms with Gasteiger partial charge >= 0.3 is 0 Å². The van der Waals surface area contributed by atoms with Gasteiger partial charge in [-0.2, -0.15) is 0 Å². The van der Waals surface area contributed by atoms with Crippen molar-refractivity contribution in [2.45, 2.75) is 62.2 Å². The topological polar surface area (TPSA) is 196 Å². The second kappa shape index (κ2) is 19.7. The molecule has 0 aliphatic rings. The van der Waals surface area contributed by atoms with Gasteiger partial charge in [-0.05, 0) is 72.3 Å². The van der Waals surface area contributed by atoms with E-state index in [0.29, 0.717) is 31.2 Å². The van der Waals surface area contributed by atoms with Gasteiger partial charge < -0.3 is 5.73 Å². The summed E-state index contributed by atoms with van der Waals surface area (Å²) in [4.78, 5) is 24.0. The molecule has 0 spiro atoms. The molecule has 0 bridgehead atoms. The van der Waals surface area contributed by atoms with Crippen molar-refractivity contribution in [1.29, 1.82) is 0 Å². The summed E-state index contributed by atoms with van der Waals surface area (Å²) in [6.45, 7) is 11.6. The number of nitrogen functional groups attached to an aromatic ring is 1. The van der Waals surface area contributed by atoms with Crippen LogP contribution in [-0.2, 0) is 30.9 Å². The largest absolute Gasteiger partial charge is 0.368 e. The number of hydrogen-bond acceptors (Lipinski definition) is 13. The molecule has 364 valence electrons. The summed E-state index contributed by atoms with van der Waals surface area (Å²) in [6, 6.07) is 16.4. The molecule has 8 rings (SSSR count). The molecular weight excluding hydrogens is 1020 g/mol. The van der Waals surface area contributed by atoms with Crippen LogP contribution in [0.4, 0.5) is 43.7 Å². The van der Waals surface area contributed by atoms with E-state index in [0.717, 1.165) is 48.5 Å². The molecule has 4 heterocycles. The molecule has 4 aromatic heterocycles. The molecule has 4 N–H and O–H groups in total. The highest BCUT2D eigenvalue weighted by molar-refractivity contribution is 7.93. The molecule has 0 unspecified atom stereocenters. The number of halogens is 7. The number of nitrogens with two attached hydrogens (primary N) is 1. The number of nitrogens with zero attached hydrogens (tertiary/aromatic N) is 6. The number of hydrogen-bond donors (Lipinski definition) is 3. The maximum Gasteiger partial charge on any atom is 0.267 e. The summed E-state index contributed by atoms with van der Waals surface area (Å²) in [5, 5.41) is 1.35. The van der Waals surface area contributed by atoms with E-state index in [9.17, 15) is 34.4 Å². The van der Waals surface area contributed by atoms with Crippen LogP contribution >= 0.6 is 34.3 Å². The maximum atomic E-state index is 15.7. The standard InChI is InChI=1S/C23H18ClF3N4O2S2.C23H20F3N5O2S2/c1-23(2,3)21-30-18(19(34-21)16-10-11-28-22(24)29-16)12-6-4-9-15(17(12)27)31-35(32,33)20-13(25)7-5-8-14(20)26;1-23(2,3)21-30-18(19(34-21)16-10-11-28-22(27)29-16)12-6-4-9-15(17(12)26)31-35(32,33)20-13(24)7-5-8-14(20)25/h4-11,31H,1-3H3;4-11,31H,1-3H3,(H2,27,28,29). The van der Waals surface area contributed by atoms with Crippen molar-refractivity contribution in [2.24, 2.45) is 0 Å². The summed E-state index contributed by atoms with van der Waals surface area (Å²) >= 11 is 8.53. The van der Waals surface area contributed by atoms with Crippen LogP contribution in [-0.4, -0.2) is 46.7 Å². The third kappa shape index (κ3) is 10.9. The molecule has 24 heteroatoms. The Morgan fingerprint density at radius 3 is 1.27 bits per heavy atom. The zero-order valence-corrected chi connectivity index (χ0v) is 41.4. The zero-order valence-electron chi connectivity index (χ0n) is 37.4. The van der Waals surface area contributed by atoms with Crippen LogP contribution in [0, 0.1) is 34.9 Å². The van der Waals surface area contributed by atoms with E-state index in [1.165, 1.54) is 59.3 Å². The summed E-state index contributed by atoms with van der Waals surface area (Å²) < 4.78 is 142. The minimum atomic E-state index is -4.78. The number of nitrogens with one attached hydrogen (secondary N) is 2. The number of benzene rings is 4. The highest BCUT2D eigenvalue weighted by Gasteiger charge is 2.31. The lowest BCUT2D eigenvalue weighted by molar-refractivity contribution is 0.519. The minimum Gasteiger partial charge on any atom is -0.368 e. The van der Waals surface area contributed by atoms with Crippen LogP contribution in [0.25, 0.3) is 43.7 Å². The molecular formula is C46H38ClF6N9O4S4. The molecule has 0 atom stereocenters. The number of aromatic nitrogens is 6. The molecule has 0 aliphatic carbocycles. The number of sulfonamides is 2. The molecule has 0 saturated carbocycles. The van der Waals surface area contributed by atoms with E-state index >= 15 is 8.78 Å². The first-order valence-corrected chi connectivity index (χ1v) is 25.4. The zero-order chi connectivity index (χ0) is 51.1. The van der Waals surface area contributed by atoms with Crippen molar-refractivity contribution in [3.63, 3.8) is 0 Å². The van der Waals surface area contributed by atoms with Gasteiger partial charge in [0, 0.05) is 34.4 Å². The maximum absolute atomic E-state index is 15.7. The summed E-state index contributed by atoms with van der Waals surface area (Å²) in [5.41, 5.74) is 5.17. The molecule has 0 amide bonds. The Labute approximate surface area is 411 Å². The number of thiazole rings is 2. The van der Waals surface area contributed by atoms with Gasteiger partial charge in [-0.15, -0.1) is 22.7 Å². The number of anilines is 3. The van der Waals surface area contributed by atoms with Crippen LogP contribution in [0.2, 0.25) is 5.28 Å². The summed E-state index contributed by atoms with van der Waals surface area (Å²) in [6.07, 6.45) is 2.91. The highest BCUT2D eigenvalue weighted by Crippen LogP contribution is 2.44.